The van der Waals surface area contributed by atoms with Gasteiger partial charge in [-0.3, -0.25) is 0 Å². The molecule has 0 heterocycles. The van der Waals surface area contributed by atoms with Crippen molar-refractivity contribution in [3.63, 3.8) is 0 Å². The van der Waals surface area contributed by atoms with Crippen molar-refractivity contribution < 1.29 is 0 Å². The fourth-order valence-electron chi connectivity index (χ4n) is 0. The van der Waals surface area contributed by atoms with Crippen LogP contribution >= 0.6 is 0 Å². The zero-order valence-corrected chi connectivity index (χ0v) is 5.75. The van der Waals surface area contributed by atoms with E-state index in [4.69, 9.17) is 11.1 Å². The Morgan fingerprint density at radius 2 is 1.80 bits per heavy atom. The van der Waals surface area contributed by atoms with E-state index >= 15 is 0 Å². The zero-order chi connectivity index (χ0) is 4.71. The van der Waals surface area contributed by atoms with Crippen LogP contribution in [-0.2, 0) is 0 Å². The molecule has 0 aromatic carbocycles. The third kappa shape index (κ3) is 1550. The SMILES string of the molecule is [CH3][Sn].[N-]=[N+]=N. The molecule has 27 valence electrons. The van der Waals surface area contributed by atoms with Crippen LogP contribution in [-0.4, -0.2) is 22.5 Å². The third-order valence-corrected chi connectivity index (χ3v) is 0. The molecule has 0 bridgehead atoms. The van der Waals surface area contributed by atoms with Gasteiger partial charge in [0.25, 0.3) is 0 Å². The normalized spacial score (nSPS) is 2.80. The summed E-state index contributed by atoms with van der Waals surface area (Å²) in [6.07, 6.45) is 0. The van der Waals surface area contributed by atoms with Gasteiger partial charge in [-0.25, -0.2) is 0 Å². The van der Waals surface area contributed by atoms with E-state index in [0.717, 1.165) is 0 Å². The number of hydrogen-bond acceptors (Lipinski definition) is 1. The van der Waals surface area contributed by atoms with Gasteiger partial charge < -0.3 is 0 Å². The molecule has 0 aliphatic rings. The second-order valence-electron chi connectivity index (χ2n) is 0.100. The Balaban J connectivity index is 0. The summed E-state index contributed by atoms with van der Waals surface area (Å²) in [6, 6.07) is 0. The maximum absolute atomic E-state index is 6.86. The van der Waals surface area contributed by atoms with Crippen molar-refractivity contribution >= 4 is 22.5 Å². The van der Waals surface area contributed by atoms with Crippen molar-refractivity contribution in [1.82, 2.24) is 0 Å². The van der Waals surface area contributed by atoms with E-state index in [0.29, 0.717) is 0 Å². The van der Waals surface area contributed by atoms with Gasteiger partial charge in [-0.05, 0) is 10.4 Å². The van der Waals surface area contributed by atoms with Crippen LogP contribution in [0.5, 0.6) is 0 Å². The molecule has 0 aromatic heterocycles. The van der Waals surface area contributed by atoms with Crippen LogP contribution < -0.4 is 0 Å². The molecule has 0 saturated carbocycles. The van der Waals surface area contributed by atoms with E-state index < -0.39 is 0 Å². The first kappa shape index (κ1) is 8.92. The molecular weight excluding hydrogens is 173 g/mol. The van der Waals surface area contributed by atoms with Crippen LogP contribution in [0, 0.1) is 5.53 Å². The summed E-state index contributed by atoms with van der Waals surface area (Å²) in [4.78, 5) is 3.84. The summed E-state index contributed by atoms with van der Waals surface area (Å²) in [7, 11) is 0. The van der Waals surface area contributed by atoms with Gasteiger partial charge in [0.05, 0.1) is 0 Å². The van der Waals surface area contributed by atoms with Crippen molar-refractivity contribution in [3.8, 4) is 0 Å². The van der Waals surface area contributed by atoms with Crippen molar-refractivity contribution in [2.75, 3.05) is 0 Å². The Morgan fingerprint density at radius 1 is 1.80 bits per heavy atom. The molecule has 4 heteroatoms. The van der Waals surface area contributed by atoms with Crippen LogP contribution in [0.2, 0.25) is 4.94 Å². The minimum atomic E-state index is 1.55. The Labute approximate surface area is 43.9 Å². The second kappa shape index (κ2) is 32.3. The maximum Gasteiger partial charge on any atom is -0.00208 e. The van der Waals surface area contributed by atoms with Gasteiger partial charge in [0.1, 0.15) is 0 Å². The summed E-state index contributed by atoms with van der Waals surface area (Å²) < 4.78 is 0. The van der Waals surface area contributed by atoms with E-state index in [1.165, 1.54) is 0 Å². The van der Waals surface area contributed by atoms with E-state index in [2.05, 4.69) is 4.94 Å². The Kier molecular flexibility index (Phi) is 57.7. The van der Waals surface area contributed by atoms with E-state index in [-0.39, 0.29) is 0 Å². The molecule has 5 heavy (non-hydrogen) atoms. The summed E-state index contributed by atoms with van der Waals surface area (Å²) >= 11 is 1.55. The van der Waals surface area contributed by atoms with E-state index in [9.17, 15) is 0 Å². The van der Waals surface area contributed by atoms with Crippen LogP contribution in [0.1, 0.15) is 0 Å². The van der Waals surface area contributed by atoms with Gasteiger partial charge in [-0.1, -0.05) is 0 Å². The standard InChI is InChI=1S/CH3.HN3.Sn/c;1-3-2;/h1H3;1H;. The molecule has 3 radical (unpaired) electrons. The molecule has 0 rings (SSSR count). The summed E-state index contributed by atoms with van der Waals surface area (Å²) in [6.45, 7) is 0. The van der Waals surface area contributed by atoms with E-state index in [1.807, 2.05) is 0 Å². The molecule has 0 aliphatic carbocycles. The predicted octanol–water partition coefficient (Wildman–Crippen LogP) is 1.08. The average Bonchev–Trinajstić information content (AvgIpc) is 1.46. The largest absolute Gasteiger partial charge is 0.108 e. The number of rotatable bonds is 0. The monoisotopic (exact) mass is 178 g/mol. The molecule has 0 atom stereocenters. The van der Waals surface area contributed by atoms with Gasteiger partial charge in [0, 0.05) is 0 Å². The van der Waals surface area contributed by atoms with Crippen molar-refractivity contribution in [2.45, 2.75) is 4.94 Å². The van der Waals surface area contributed by atoms with Crippen molar-refractivity contribution in [3.05, 3.63) is 10.4 Å². The van der Waals surface area contributed by atoms with E-state index in [1.54, 1.807) is 27.4 Å². The first-order valence-electron chi connectivity index (χ1n) is 0.924. The van der Waals surface area contributed by atoms with Crippen LogP contribution in [0.4, 0.5) is 0 Å². The van der Waals surface area contributed by atoms with Gasteiger partial charge in [0.2, 0.25) is 0 Å². The molecule has 0 aliphatic heterocycles. The molecule has 0 spiro atoms. The molecule has 0 amide bonds. The summed E-state index contributed by atoms with van der Waals surface area (Å²) in [5.74, 6) is 0. The fraction of sp³-hybridized carbons (Fsp3) is 1.00. The van der Waals surface area contributed by atoms with Gasteiger partial charge in [-0.15, -0.1) is 5.53 Å². The zero-order valence-electron chi connectivity index (χ0n) is 2.89. The minimum absolute atomic E-state index is 1.55. The quantitative estimate of drug-likeness (QED) is 0.249. The molecule has 0 fully saturated rings. The number of nitrogens with one attached hydrogen (secondary N) is 1. The Morgan fingerprint density at radius 3 is 1.80 bits per heavy atom. The molecule has 0 saturated heterocycles. The Hall–Kier alpha value is 0.109. The van der Waals surface area contributed by atoms with Crippen molar-refractivity contribution in [1.29, 1.82) is 5.53 Å². The molecule has 0 aromatic rings. The third-order valence-electron chi connectivity index (χ3n) is 0. The molecule has 3 nitrogen and oxygen atoms in total. The summed E-state index contributed by atoms with van der Waals surface area (Å²) in [5, 5.41) is 0. The topological polar surface area (TPSA) is 60.3 Å². The van der Waals surface area contributed by atoms with Crippen LogP contribution in [0.25, 0.3) is 10.4 Å². The smallest absolute Gasteiger partial charge is 0.00208 e. The van der Waals surface area contributed by atoms with Gasteiger partial charge in [0.15, 0.2) is 0 Å². The molecular formula is CH4N3Sn. The molecule has 0 unspecified atom stereocenters. The fourth-order valence-corrected chi connectivity index (χ4v) is 0. The maximum atomic E-state index is 6.86. The minimum Gasteiger partial charge on any atom is -0.108 e. The van der Waals surface area contributed by atoms with Crippen molar-refractivity contribution in [2.24, 2.45) is 0 Å². The second-order valence-corrected chi connectivity index (χ2v) is 0.100. The number of nitrogens with zero attached hydrogens (tertiary/aromatic N) is 2. The molecule has 1 N–H and O–H groups in total. The van der Waals surface area contributed by atoms with Crippen LogP contribution in [0.3, 0.4) is 0 Å². The first-order chi connectivity index (χ1) is 2.41. The number of hydrogen-bond donors (Lipinski definition) is 1. The summed E-state index contributed by atoms with van der Waals surface area (Å²) in [5.41, 5.74) is 12.2. The average molecular weight is 177 g/mol. The first-order valence-corrected chi connectivity index (χ1v) is 3.78. The predicted molar refractivity (Wildman–Crippen MR) is 21.1 cm³/mol. The van der Waals surface area contributed by atoms with Gasteiger partial charge >= 0.3 is 27.5 Å². The Bertz CT molecular complexity index is 27.9. The van der Waals surface area contributed by atoms with Crippen LogP contribution in [0.15, 0.2) is 0 Å². The van der Waals surface area contributed by atoms with Gasteiger partial charge in [-0.2, -0.15) is 0 Å².